The molecule has 8 heteroatoms. The highest BCUT2D eigenvalue weighted by atomic mass is 35.5. The van der Waals surface area contributed by atoms with Crippen LogP contribution in [0.1, 0.15) is 24.0 Å². The Morgan fingerprint density at radius 2 is 1.75 bits per heavy atom. The molecule has 0 aromatic heterocycles. The summed E-state index contributed by atoms with van der Waals surface area (Å²) in [5, 5.41) is 3.68. The van der Waals surface area contributed by atoms with Gasteiger partial charge in [-0.2, -0.15) is 0 Å². The Kier molecular flexibility index (Phi) is 6.65. The summed E-state index contributed by atoms with van der Waals surface area (Å²) in [6, 6.07) is 12.4. The van der Waals surface area contributed by atoms with E-state index in [0.29, 0.717) is 41.7 Å². The molecule has 0 bridgehead atoms. The normalized spacial score (nSPS) is 16.1. The molecule has 1 fully saturated rings. The van der Waals surface area contributed by atoms with Crippen molar-refractivity contribution in [2.24, 2.45) is 5.92 Å². The molecule has 1 saturated heterocycles. The second kappa shape index (κ2) is 8.82. The van der Waals surface area contributed by atoms with Crippen LogP contribution in [0.15, 0.2) is 42.5 Å². The maximum Gasteiger partial charge on any atom is 0.227 e. The Morgan fingerprint density at radius 1 is 1.11 bits per heavy atom. The predicted octanol–water partition coefficient (Wildman–Crippen LogP) is 4.48. The standard InChI is InChI=1S/C20H22Cl2N2O3S/c1-14-2-4-15(5-3-14)13-28(26,27)24-10-8-16(9-11-24)20(25)23-19-7-6-17(21)12-18(19)22/h2-7,12,16H,8-11,13H2,1H3,(H,23,25). The first-order chi connectivity index (χ1) is 13.2. The van der Waals surface area contributed by atoms with Crippen LogP contribution in [0.3, 0.4) is 0 Å². The van der Waals surface area contributed by atoms with Crippen molar-refractivity contribution in [1.29, 1.82) is 0 Å². The third kappa shape index (κ3) is 5.26. The van der Waals surface area contributed by atoms with Crippen LogP contribution in [0.25, 0.3) is 0 Å². The van der Waals surface area contributed by atoms with Crippen LogP contribution >= 0.6 is 23.2 Å². The number of nitrogens with one attached hydrogen (secondary N) is 1. The number of carbonyl (C=O) groups is 1. The van der Waals surface area contributed by atoms with Crippen molar-refractivity contribution < 1.29 is 13.2 Å². The molecule has 1 aliphatic heterocycles. The SMILES string of the molecule is Cc1ccc(CS(=O)(=O)N2CCC(C(=O)Nc3ccc(Cl)cc3Cl)CC2)cc1. The minimum Gasteiger partial charge on any atom is -0.325 e. The van der Waals surface area contributed by atoms with E-state index >= 15 is 0 Å². The number of nitrogens with zero attached hydrogens (tertiary/aromatic N) is 1. The molecule has 2 aromatic rings. The number of amides is 1. The van der Waals surface area contributed by atoms with Crippen molar-refractivity contribution >= 4 is 44.8 Å². The molecule has 150 valence electrons. The van der Waals surface area contributed by atoms with E-state index in [2.05, 4.69) is 5.32 Å². The van der Waals surface area contributed by atoms with Gasteiger partial charge in [-0.3, -0.25) is 4.79 Å². The zero-order valence-corrected chi connectivity index (χ0v) is 17.8. The van der Waals surface area contributed by atoms with Crippen LogP contribution in [0.4, 0.5) is 5.69 Å². The number of sulfonamides is 1. The Hall–Kier alpha value is -1.60. The van der Waals surface area contributed by atoms with Gasteiger partial charge in [0.25, 0.3) is 0 Å². The first-order valence-electron chi connectivity index (χ1n) is 9.04. The number of aryl methyl sites for hydroxylation is 1. The first-order valence-corrected chi connectivity index (χ1v) is 11.4. The van der Waals surface area contributed by atoms with E-state index < -0.39 is 10.0 Å². The fourth-order valence-corrected chi connectivity index (χ4v) is 5.23. The molecule has 1 heterocycles. The number of hydrogen-bond donors (Lipinski definition) is 1. The van der Waals surface area contributed by atoms with Crippen molar-refractivity contribution in [2.75, 3.05) is 18.4 Å². The molecule has 2 aromatic carbocycles. The highest BCUT2D eigenvalue weighted by Crippen LogP contribution is 2.28. The number of halogens is 2. The Balaban J connectivity index is 1.57. The van der Waals surface area contributed by atoms with E-state index in [9.17, 15) is 13.2 Å². The van der Waals surface area contributed by atoms with Crippen molar-refractivity contribution in [2.45, 2.75) is 25.5 Å². The van der Waals surface area contributed by atoms with Crippen LogP contribution in [0, 0.1) is 12.8 Å². The largest absolute Gasteiger partial charge is 0.325 e. The third-order valence-electron chi connectivity index (χ3n) is 4.88. The number of carbonyl (C=O) groups excluding carboxylic acids is 1. The summed E-state index contributed by atoms with van der Waals surface area (Å²) in [5.74, 6) is -0.428. The molecule has 0 saturated carbocycles. The summed E-state index contributed by atoms with van der Waals surface area (Å²) in [6.45, 7) is 2.63. The molecule has 0 aliphatic carbocycles. The zero-order valence-electron chi connectivity index (χ0n) is 15.5. The second-order valence-electron chi connectivity index (χ2n) is 7.03. The second-order valence-corrected chi connectivity index (χ2v) is 9.84. The van der Waals surface area contributed by atoms with Gasteiger partial charge < -0.3 is 5.32 Å². The average Bonchev–Trinajstić information content (AvgIpc) is 2.66. The van der Waals surface area contributed by atoms with Gasteiger partial charge in [0.15, 0.2) is 0 Å². The van der Waals surface area contributed by atoms with E-state index in [1.807, 2.05) is 31.2 Å². The molecule has 0 atom stereocenters. The molecule has 0 unspecified atom stereocenters. The zero-order chi connectivity index (χ0) is 20.3. The van der Waals surface area contributed by atoms with Crippen molar-refractivity contribution in [3.63, 3.8) is 0 Å². The summed E-state index contributed by atoms with van der Waals surface area (Å²) >= 11 is 12.0. The molecule has 1 amide bonds. The minimum absolute atomic E-state index is 0.0233. The molecule has 1 N–H and O–H groups in total. The van der Waals surface area contributed by atoms with Gasteiger partial charge in [0, 0.05) is 24.0 Å². The lowest BCUT2D eigenvalue weighted by Gasteiger charge is -2.30. The van der Waals surface area contributed by atoms with E-state index in [1.54, 1.807) is 18.2 Å². The number of anilines is 1. The summed E-state index contributed by atoms with van der Waals surface area (Å²) < 4.78 is 26.8. The first kappa shape index (κ1) is 21.1. The van der Waals surface area contributed by atoms with Crippen molar-refractivity contribution in [1.82, 2.24) is 4.31 Å². The number of rotatable bonds is 5. The van der Waals surface area contributed by atoms with Gasteiger partial charge in [-0.25, -0.2) is 12.7 Å². The topological polar surface area (TPSA) is 66.5 Å². The lowest BCUT2D eigenvalue weighted by atomic mass is 9.97. The van der Waals surface area contributed by atoms with Gasteiger partial charge in [-0.15, -0.1) is 0 Å². The third-order valence-corrected chi connectivity index (χ3v) is 7.27. The molecule has 28 heavy (non-hydrogen) atoms. The molecule has 3 rings (SSSR count). The monoisotopic (exact) mass is 440 g/mol. The Bertz CT molecular complexity index is 954. The highest BCUT2D eigenvalue weighted by molar-refractivity contribution is 7.88. The maximum atomic E-state index is 12.7. The summed E-state index contributed by atoms with van der Waals surface area (Å²) in [4.78, 5) is 12.5. The lowest BCUT2D eigenvalue weighted by Crippen LogP contribution is -2.41. The molecular formula is C20H22Cl2N2O3S. The van der Waals surface area contributed by atoms with E-state index in [-0.39, 0.29) is 17.6 Å². The van der Waals surface area contributed by atoms with Gasteiger partial charge in [0.1, 0.15) is 0 Å². The van der Waals surface area contributed by atoms with Crippen molar-refractivity contribution in [3.8, 4) is 0 Å². The number of hydrogen-bond acceptors (Lipinski definition) is 3. The minimum atomic E-state index is -3.40. The van der Waals surface area contributed by atoms with E-state index in [4.69, 9.17) is 23.2 Å². The lowest BCUT2D eigenvalue weighted by molar-refractivity contribution is -0.120. The van der Waals surface area contributed by atoms with Crippen molar-refractivity contribution in [3.05, 3.63) is 63.6 Å². The molecule has 0 radical (unpaired) electrons. The highest BCUT2D eigenvalue weighted by Gasteiger charge is 2.31. The van der Waals surface area contributed by atoms with Gasteiger partial charge in [-0.05, 0) is 43.5 Å². The number of piperidine rings is 1. The van der Waals surface area contributed by atoms with E-state index in [0.717, 1.165) is 11.1 Å². The van der Waals surface area contributed by atoms with Gasteiger partial charge in [0.2, 0.25) is 15.9 Å². The number of benzene rings is 2. The molecular weight excluding hydrogens is 419 g/mol. The fraction of sp³-hybridized carbons (Fsp3) is 0.350. The van der Waals surface area contributed by atoms with E-state index in [1.165, 1.54) is 4.31 Å². The Labute approximate surface area is 175 Å². The van der Waals surface area contributed by atoms with Crippen LogP contribution in [-0.4, -0.2) is 31.7 Å². The maximum absolute atomic E-state index is 12.7. The van der Waals surface area contributed by atoms with Crippen LogP contribution in [0.5, 0.6) is 0 Å². The Morgan fingerprint density at radius 3 is 2.36 bits per heavy atom. The van der Waals surface area contributed by atoms with Crippen LogP contribution in [0.2, 0.25) is 10.0 Å². The fourth-order valence-electron chi connectivity index (χ4n) is 3.21. The van der Waals surface area contributed by atoms with Crippen LogP contribution in [-0.2, 0) is 20.6 Å². The quantitative estimate of drug-likeness (QED) is 0.744. The molecule has 0 spiro atoms. The van der Waals surface area contributed by atoms with Gasteiger partial charge in [0.05, 0.1) is 16.5 Å². The average molecular weight is 441 g/mol. The summed E-state index contributed by atoms with van der Waals surface area (Å²) in [6.07, 6.45) is 0.953. The van der Waals surface area contributed by atoms with Crippen LogP contribution < -0.4 is 5.32 Å². The summed E-state index contributed by atoms with van der Waals surface area (Å²) in [5.41, 5.74) is 2.36. The smallest absolute Gasteiger partial charge is 0.227 e. The molecule has 5 nitrogen and oxygen atoms in total. The predicted molar refractivity (Wildman–Crippen MR) is 113 cm³/mol. The van der Waals surface area contributed by atoms with Gasteiger partial charge >= 0.3 is 0 Å². The van der Waals surface area contributed by atoms with Gasteiger partial charge in [-0.1, -0.05) is 53.0 Å². The summed E-state index contributed by atoms with van der Waals surface area (Å²) in [7, 11) is -3.40. The molecule has 1 aliphatic rings.